The molecule has 1 aliphatic carbocycles. The highest BCUT2D eigenvalue weighted by atomic mass is 16.5. The topological polar surface area (TPSA) is 52.0 Å². The van der Waals surface area contributed by atoms with Crippen molar-refractivity contribution in [1.82, 2.24) is 20.1 Å². The van der Waals surface area contributed by atoms with Gasteiger partial charge in [0, 0.05) is 12.6 Å². The van der Waals surface area contributed by atoms with Crippen molar-refractivity contribution in [1.29, 1.82) is 0 Å². The maximum Gasteiger partial charge on any atom is 0.335 e. The molecule has 112 valence electrons. The Bertz CT molecular complexity index is 534. The fraction of sp³-hybridized carbons (Fsp3) is 0.500. The van der Waals surface area contributed by atoms with Crippen LogP contribution in [-0.2, 0) is 0 Å². The Morgan fingerprint density at radius 2 is 1.95 bits per heavy atom. The van der Waals surface area contributed by atoms with E-state index in [1.807, 2.05) is 30.3 Å². The van der Waals surface area contributed by atoms with Gasteiger partial charge in [0.1, 0.15) is 12.9 Å². The highest BCUT2D eigenvalue weighted by Crippen LogP contribution is 2.17. The van der Waals surface area contributed by atoms with Gasteiger partial charge in [0.2, 0.25) is 0 Å². The molecule has 0 aliphatic heterocycles. The lowest BCUT2D eigenvalue weighted by atomic mass is 9.96. The molecule has 0 spiro atoms. The highest BCUT2D eigenvalue weighted by molar-refractivity contribution is 5.29. The van der Waals surface area contributed by atoms with E-state index in [-0.39, 0.29) is 0 Å². The SMILES string of the molecule is c1ccc(-n2cnc(OCCNC3CCCCC3)n2)cc1. The minimum Gasteiger partial charge on any atom is -0.461 e. The van der Waals surface area contributed by atoms with E-state index in [0.717, 1.165) is 12.2 Å². The molecule has 21 heavy (non-hydrogen) atoms. The Labute approximate surface area is 125 Å². The maximum atomic E-state index is 5.59. The van der Waals surface area contributed by atoms with E-state index in [2.05, 4.69) is 15.4 Å². The van der Waals surface area contributed by atoms with Crippen LogP contribution >= 0.6 is 0 Å². The summed E-state index contributed by atoms with van der Waals surface area (Å²) in [6.07, 6.45) is 8.35. The number of hydrogen-bond acceptors (Lipinski definition) is 4. The third-order valence-electron chi connectivity index (χ3n) is 3.86. The van der Waals surface area contributed by atoms with E-state index in [1.165, 1.54) is 32.1 Å². The van der Waals surface area contributed by atoms with Crippen LogP contribution < -0.4 is 10.1 Å². The van der Waals surface area contributed by atoms with Gasteiger partial charge in [0.15, 0.2) is 0 Å². The molecule has 0 atom stereocenters. The molecule has 1 aliphatic rings. The summed E-state index contributed by atoms with van der Waals surface area (Å²) in [6, 6.07) is 11.0. The predicted molar refractivity (Wildman–Crippen MR) is 81.7 cm³/mol. The molecule has 1 N–H and O–H groups in total. The summed E-state index contributed by atoms with van der Waals surface area (Å²) >= 11 is 0. The largest absolute Gasteiger partial charge is 0.461 e. The Morgan fingerprint density at radius 3 is 2.76 bits per heavy atom. The normalized spacial score (nSPS) is 16.0. The van der Waals surface area contributed by atoms with Crippen molar-refractivity contribution in [2.45, 2.75) is 38.1 Å². The molecule has 5 heteroatoms. The minimum absolute atomic E-state index is 0.435. The second kappa shape index (κ2) is 7.22. The molecular weight excluding hydrogens is 264 g/mol. The van der Waals surface area contributed by atoms with Gasteiger partial charge >= 0.3 is 6.01 Å². The number of aromatic nitrogens is 3. The standard InChI is InChI=1S/C16H22N4O/c1-3-7-14(8-4-1)17-11-12-21-16-18-13-20(19-16)15-9-5-2-6-10-15/h2,5-6,9-10,13-14,17H,1,3-4,7-8,11-12H2. The lowest BCUT2D eigenvalue weighted by molar-refractivity contribution is 0.272. The lowest BCUT2D eigenvalue weighted by Crippen LogP contribution is -2.34. The molecule has 0 bridgehead atoms. The van der Waals surface area contributed by atoms with Gasteiger partial charge in [0.05, 0.1) is 5.69 Å². The minimum atomic E-state index is 0.435. The molecule has 0 radical (unpaired) electrons. The molecule has 2 aromatic rings. The summed E-state index contributed by atoms with van der Waals surface area (Å²) in [6.45, 7) is 1.46. The Balaban J connectivity index is 1.42. The van der Waals surface area contributed by atoms with Crippen molar-refractivity contribution in [3.8, 4) is 11.7 Å². The zero-order valence-corrected chi connectivity index (χ0v) is 12.2. The van der Waals surface area contributed by atoms with E-state index in [1.54, 1.807) is 11.0 Å². The van der Waals surface area contributed by atoms with Crippen LogP contribution in [0.2, 0.25) is 0 Å². The zero-order chi connectivity index (χ0) is 14.3. The molecule has 1 heterocycles. The van der Waals surface area contributed by atoms with Gasteiger partial charge in [-0.2, -0.15) is 4.98 Å². The van der Waals surface area contributed by atoms with Crippen LogP contribution in [-0.4, -0.2) is 34.0 Å². The maximum absolute atomic E-state index is 5.59. The fourth-order valence-electron chi connectivity index (χ4n) is 2.73. The van der Waals surface area contributed by atoms with Gasteiger partial charge in [-0.25, -0.2) is 4.68 Å². The van der Waals surface area contributed by atoms with Crippen LogP contribution in [0.1, 0.15) is 32.1 Å². The number of hydrogen-bond donors (Lipinski definition) is 1. The molecular formula is C16H22N4O. The van der Waals surface area contributed by atoms with E-state index in [9.17, 15) is 0 Å². The first-order valence-electron chi connectivity index (χ1n) is 7.75. The molecule has 0 saturated heterocycles. The summed E-state index contributed by atoms with van der Waals surface area (Å²) in [5.74, 6) is 0. The first-order valence-corrected chi connectivity index (χ1v) is 7.75. The van der Waals surface area contributed by atoms with Gasteiger partial charge in [-0.3, -0.25) is 0 Å². The predicted octanol–water partition coefficient (Wildman–Crippen LogP) is 2.57. The second-order valence-electron chi connectivity index (χ2n) is 5.44. The number of para-hydroxylation sites is 1. The molecule has 0 unspecified atom stereocenters. The second-order valence-corrected chi connectivity index (χ2v) is 5.44. The Morgan fingerprint density at radius 1 is 1.14 bits per heavy atom. The Kier molecular flexibility index (Phi) is 4.84. The average molecular weight is 286 g/mol. The highest BCUT2D eigenvalue weighted by Gasteiger charge is 2.12. The summed E-state index contributed by atoms with van der Waals surface area (Å²) in [5.41, 5.74) is 0.986. The Hall–Kier alpha value is -1.88. The third kappa shape index (κ3) is 4.04. The molecule has 1 fully saturated rings. The number of nitrogens with zero attached hydrogens (tertiary/aromatic N) is 3. The van der Waals surface area contributed by atoms with Crippen LogP contribution in [0.15, 0.2) is 36.7 Å². The average Bonchev–Trinajstić information content (AvgIpc) is 3.02. The van der Waals surface area contributed by atoms with E-state index < -0.39 is 0 Å². The zero-order valence-electron chi connectivity index (χ0n) is 12.2. The lowest BCUT2D eigenvalue weighted by Gasteiger charge is -2.22. The number of rotatable bonds is 6. The molecule has 1 saturated carbocycles. The van der Waals surface area contributed by atoms with Crippen molar-refractivity contribution < 1.29 is 4.74 Å². The summed E-state index contributed by atoms with van der Waals surface area (Å²) in [7, 11) is 0. The molecule has 3 rings (SSSR count). The monoisotopic (exact) mass is 286 g/mol. The fourth-order valence-corrected chi connectivity index (χ4v) is 2.73. The van der Waals surface area contributed by atoms with Crippen LogP contribution in [0.25, 0.3) is 5.69 Å². The number of benzene rings is 1. The van der Waals surface area contributed by atoms with E-state index in [4.69, 9.17) is 4.74 Å². The molecule has 1 aromatic heterocycles. The van der Waals surface area contributed by atoms with E-state index in [0.29, 0.717) is 18.7 Å². The van der Waals surface area contributed by atoms with Crippen LogP contribution in [0.5, 0.6) is 6.01 Å². The molecule has 5 nitrogen and oxygen atoms in total. The molecule has 1 aromatic carbocycles. The van der Waals surface area contributed by atoms with Crippen molar-refractivity contribution in [2.24, 2.45) is 0 Å². The van der Waals surface area contributed by atoms with Crippen molar-refractivity contribution in [2.75, 3.05) is 13.2 Å². The smallest absolute Gasteiger partial charge is 0.335 e. The van der Waals surface area contributed by atoms with Gasteiger partial charge < -0.3 is 10.1 Å². The number of ether oxygens (including phenoxy) is 1. The quantitative estimate of drug-likeness (QED) is 0.829. The van der Waals surface area contributed by atoms with Crippen LogP contribution in [0, 0.1) is 0 Å². The van der Waals surface area contributed by atoms with Crippen molar-refractivity contribution in [3.63, 3.8) is 0 Å². The summed E-state index contributed by atoms with van der Waals surface area (Å²) < 4.78 is 7.32. The van der Waals surface area contributed by atoms with Crippen LogP contribution in [0.3, 0.4) is 0 Å². The first-order chi connectivity index (χ1) is 10.4. The summed E-state index contributed by atoms with van der Waals surface area (Å²) in [4.78, 5) is 4.18. The van der Waals surface area contributed by atoms with Gasteiger partial charge in [-0.15, -0.1) is 5.10 Å². The molecule has 0 amide bonds. The van der Waals surface area contributed by atoms with Crippen molar-refractivity contribution in [3.05, 3.63) is 36.7 Å². The van der Waals surface area contributed by atoms with E-state index >= 15 is 0 Å². The third-order valence-corrected chi connectivity index (χ3v) is 3.86. The van der Waals surface area contributed by atoms with Crippen LogP contribution in [0.4, 0.5) is 0 Å². The summed E-state index contributed by atoms with van der Waals surface area (Å²) in [5, 5.41) is 7.86. The van der Waals surface area contributed by atoms with Gasteiger partial charge in [0.25, 0.3) is 0 Å². The van der Waals surface area contributed by atoms with Gasteiger partial charge in [-0.1, -0.05) is 37.5 Å². The first kappa shape index (κ1) is 14.1. The van der Waals surface area contributed by atoms with Gasteiger partial charge in [-0.05, 0) is 25.0 Å². The number of nitrogens with one attached hydrogen (secondary N) is 1. The van der Waals surface area contributed by atoms with Crippen molar-refractivity contribution >= 4 is 0 Å².